The Morgan fingerprint density at radius 3 is 2.43 bits per heavy atom. The topological polar surface area (TPSA) is 96.5 Å². The fourth-order valence-electron chi connectivity index (χ4n) is 2.11. The standard InChI is InChI=1S/C19H19F2N3O4/c1-12(18(26)24-16-8-7-13(20)11-15(16)21)28-17(25)9-10-22-19(27)23-14-5-3-2-4-6-14/h2-8,11-12H,9-10H2,1H3,(H,24,26)(H2,22,23,27)/t12-/m1/s1. The summed E-state index contributed by atoms with van der Waals surface area (Å²) in [4.78, 5) is 35.4. The molecule has 0 heterocycles. The van der Waals surface area contributed by atoms with E-state index in [1.54, 1.807) is 30.3 Å². The SMILES string of the molecule is C[C@@H](OC(=O)CCNC(=O)Nc1ccccc1)C(=O)Nc1ccc(F)cc1F. The van der Waals surface area contributed by atoms with E-state index in [9.17, 15) is 23.2 Å². The molecule has 0 unspecified atom stereocenters. The summed E-state index contributed by atoms with van der Waals surface area (Å²) >= 11 is 0. The first kappa shape index (κ1) is 20.8. The van der Waals surface area contributed by atoms with E-state index in [-0.39, 0.29) is 18.7 Å². The van der Waals surface area contributed by atoms with Crippen molar-refractivity contribution >= 4 is 29.3 Å². The van der Waals surface area contributed by atoms with E-state index in [2.05, 4.69) is 16.0 Å². The van der Waals surface area contributed by atoms with Crippen LogP contribution in [0.15, 0.2) is 48.5 Å². The van der Waals surface area contributed by atoms with Gasteiger partial charge in [0.15, 0.2) is 6.10 Å². The van der Waals surface area contributed by atoms with Crippen LogP contribution in [0, 0.1) is 11.6 Å². The van der Waals surface area contributed by atoms with Gasteiger partial charge in [-0.05, 0) is 31.2 Å². The molecule has 0 radical (unpaired) electrons. The lowest BCUT2D eigenvalue weighted by Crippen LogP contribution is -2.33. The summed E-state index contributed by atoms with van der Waals surface area (Å²) in [5.41, 5.74) is 0.370. The number of hydrogen-bond acceptors (Lipinski definition) is 4. The maximum atomic E-state index is 13.5. The predicted octanol–water partition coefficient (Wildman–Crippen LogP) is 3.05. The number of esters is 1. The number of halogens is 2. The van der Waals surface area contributed by atoms with Crippen molar-refractivity contribution in [3.05, 3.63) is 60.2 Å². The third kappa shape index (κ3) is 6.67. The highest BCUT2D eigenvalue weighted by Gasteiger charge is 2.19. The third-order valence-corrected chi connectivity index (χ3v) is 3.51. The molecule has 0 spiro atoms. The van der Waals surface area contributed by atoms with Crippen LogP contribution < -0.4 is 16.0 Å². The Morgan fingerprint density at radius 2 is 1.75 bits per heavy atom. The second-order valence-corrected chi connectivity index (χ2v) is 5.74. The van der Waals surface area contributed by atoms with Gasteiger partial charge in [-0.2, -0.15) is 0 Å². The molecule has 1 atom stereocenters. The molecule has 2 aromatic carbocycles. The minimum absolute atomic E-state index is 0.00156. The molecule has 9 heteroatoms. The predicted molar refractivity (Wildman–Crippen MR) is 98.6 cm³/mol. The smallest absolute Gasteiger partial charge is 0.319 e. The maximum Gasteiger partial charge on any atom is 0.319 e. The summed E-state index contributed by atoms with van der Waals surface area (Å²) in [6.45, 7) is 1.31. The molecule has 0 aliphatic heterocycles. The number of nitrogens with one attached hydrogen (secondary N) is 3. The Kier molecular flexibility index (Phi) is 7.44. The van der Waals surface area contributed by atoms with Crippen LogP contribution in [-0.4, -0.2) is 30.6 Å². The zero-order chi connectivity index (χ0) is 20.5. The molecular weight excluding hydrogens is 372 g/mol. The van der Waals surface area contributed by atoms with E-state index in [1.807, 2.05) is 0 Å². The minimum Gasteiger partial charge on any atom is -0.452 e. The molecule has 0 aliphatic rings. The van der Waals surface area contributed by atoms with Crippen molar-refractivity contribution in [2.45, 2.75) is 19.4 Å². The van der Waals surface area contributed by atoms with E-state index < -0.39 is 35.6 Å². The molecule has 2 rings (SSSR count). The Bertz CT molecular complexity index is 846. The highest BCUT2D eigenvalue weighted by atomic mass is 19.1. The first-order valence-electron chi connectivity index (χ1n) is 8.40. The number of rotatable bonds is 7. The van der Waals surface area contributed by atoms with Gasteiger partial charge in [-0.3, -0.25) is 9.59 Å². The average Bonchev–Trinajstić information content (AvgIpc) is 2.64. The van der Waals surface area contributed by atoms with Crippen molar-refractivity contribution in [3.8, 4) is 0 Å². The van der Waals surface area contributed by atoms with Crippen LogP contribution in [0.5, 0.6) is 0 Å². The number of amides is 3. The van der Waals surface area contributed by atoms with Crippen molar-refractivity contribution in [1.29, 1.82) is 0 Å². The summed E-state index contributed by atoms with van der Waals surface area (Å²) in [6, 6.07) is 10.9. The highest BCUT2D eigenvalue weighted by molar-refractivity contribution is 5.95. The van der Waals surface area contributed by atoms with Crippen LogP contribution in [0.1, 0.15) is 13.3 Å². The molecule has 3 N–H and O–H groups in total. The normalized spacial score (nSPS) is 11.2. The number of carbonyl (C=O) groups excluding carboxylic acids is 3. The number of benzene rings is 2. The van der Waals surface area contributed by atoms with Crippen molar-refractivity contribution in [3.63, 3.8) is 0 Å². The van der Waals surface area contributed by atoms with Crippen molar-refractivity contribution < 1.29 is 27.9 Å². The molecule has 28 heavy (non-hydrogen) atoms. The molecule has 0 aromatic heterocycles. The Balaban J connectivity index is 1.71. The maximum absolute atomic E-state index is 13.5. The lowest BCUT2D eigenvalue weighted by molar-refractivity contribution is -0.153. The third-order valence-electron chi connectivity index (χ3n) is 3.51. The summed E-state index contributed by atoms with van der Waals surface area (Å²) in [7, 11) is 0. The molecular formula is C19H19F2N3O4. The van der Waals surface area contributed by atoms with Gasteiger partial charge >= 0.3 is 12.0 Å². The van der Waals surface area contributed by atoms with E-state index in [0.717, 1.165) is 12.1 Å². The zero-order valence-corrected chi connectivity index (χ0v) is 15.0. The molecule has 0 aliphatic carbocycles. The van der Waals surface area contributed by atoms with Gasteiger partial charge in [0.2, 0.25) is 0 Å². The van der Waals surface area contributed by atoms with Crippen LogP contribution in [0.25, 0.3) is 0 Å². The quantitative estimate of drug-likeness (QED) is 0.632. The van der Waals surface area contributed by atoms with Gasteiger partial charge in [0.1, 0.15) is 11.6 Å². The molecule has 2 aromatic rings. The molecule has 7 nitrogen and oxygen atoms in total. The van der Waals surface area contributed by atoms with Crippen LogP contribution in [0.2, 0.25) is 0 Å². The zero-order valence-electron chi connectivity index (χ0n) is 15.0. The number of hydrogen-bond donors (Lipinski definition) is 3. The number of para-hydroxylation sites is 1. The second kappa shape index (κ2) is 10.0. The second-order valence-electron chi connectivity index (χ2n) is 5.74. The number of carbonyl (C=O) groups is 3. The van der Waals surface area contributed by atoms with Gasteiger partial charge in [-0.25, -0.2) is 13.6 Å². The summed E-state index contributed by atoms with van der Waals surface area (Å²) in [5, 5.41) is 7.27. The average molecular weight is 391 g/mol. The van der Waals surface area contributed by atoms with E-state index >= 15 is 0 Å². The van der Waals surface area contributed by atoms with Crippen LogP contribution in [0.3, 0.4) is 0 Å². The molecule has 0 saturated heterocycles. The highest BCUT2D eigenvalue weighted by Crippen LogP contribution is 2.15. The molecule has 0 saturated carbocycles. The van der Waals surface area contributed by atoms with Crippen LogP contribution in [0.4, 0.5) is 25.0 Å². The van der Waals surface area contributed by atoms with Crippen molar-refractivity contribution in [1.82, 2.24) is 5.32 Å². The van der Waals surface area contributed by atoms with Gasteiger partial charge in [-0.15, -0.1) is 0 Å². The fraction of sp³-hybridized carbons (Fsp3) is 0.211. The van der Waals surface area contributed by atoms with Gasteiger partial charge in [0.05, 0.1) is 12.1 Å². The fourth-order valence-corrected chi connectivity index (χ4v) is 2.11. The largest absolute Gasteiger partial charge is 0.452 e. The molecule has 0 bridgehead atoms. The Hall–Kier alpha value is -3.49. The van der Waals surface area contributed by atoms with E-state index in [1.165, 1.54) is 6.92 Å². The summed E-state index contributed by atoms with van der Waals surface area (Å²) < 4.78 is 31.3. The summed E-state index contributed by atoms with van der Waals surface area (Å²) in [6.07, 6.45) is -1.36. The molecule has 0 fully saturated rings. The van der Waals surface area contributed by atoms with Gasteiger partial charge in [-0.1, -0.05) is 18.2 Å². The van der Waals surface area contributed by atoms with Crippen molar-refractivity contribution in [2.24, 2.45) is 0 Å². The lowest BCUT2D eigenvalue weighted by atomic mass is 10.2. The monoisotopic (exact) mass is 391 g/mol. The Labute approximate surface area is 160 Å². The van der Waals surface area contributed by atoms with Gasteiger partial charge in [0, 0.05) is 18.3 Å². The van der Waals surface area contributed by atoms with Crippen molar-refractivity contribution in [2.75, 3.05) is 17.2 Å². The number of ether oxygens (including phenoxy) is 1. The lowest BCUT2D eigenvalue weighted by Gasteiger charge is -2.14. The molecule has 148 valence electrons. The first-order valence-corrected chi connectivity index (χ1v) is 8.40. The van der Waals surface area contributed by atoms with Gasteiger partial charge in [0.25, 0.3) is 5.91 Å². The van der Waals surface area contributed by atoms with Crippen LogP contribution >= 0.6 is 0 Å². The molecule has 3 amide bonds. The number of anilines is 2. The van der Waals surface area contributed by atoms with Gasteiger partial charge < -0.3 is 20.7 Å². The Morgan fingerprint density at radius 1 is 1.04 bits per heavy atom. The summed E-state index contributed by atoms with van der Waals surface area (Å²) in [5.74, 6) is -3.21. The van der Waals surface area contributed by atoms with Crippen LogP contribution in [-0.2, 0) is 14.3 Å². The minimum atomic E-state index is -1.20. The van der Waals surface area contributed by atoms with E-state index in [4.69, 9.17) is 4.74 Å². The van der Waals surface area contributed by atoms with E-state index in [0.29, 0.717) is 11.8 Å². The first-order chi connectivity index (χ1) is 13.3. The number of urea groups is 1.